The van der Waals surface area contributed by atoms with Gasteiger partial charge in [-0.05, 0) is 13.1 Å². The van der Waals surface area contributed by atoms with Crippen LogP contribution in [0.25, 0.3) is 0 Å². The summed E-state index contributed by atoms with van der Waals surface area (Å²) in [5.74, 6) is -0.556. The van der Waals surface area contributed by atoms with Gasteiger partial charge in [0, 0.05) is 12.6 Å². The molecule has 0 aliphatic heterocycles. The summed E-state index contributed by atoms with van der Waals surface area (Å²) >= 11 is 0. The van der Waals surface area contributed by atoms with E-state index in [9.17, 15) is 4.79 Å². The van der Waals surface area contributed by atoms with Crippen LogP contribution in [-0.2, 0) is 14.6 Å². The molecule has 0 unspecified atom stereocenters. The van der Waals surface area contributed by atoms with Crippen molar-refractivity contribution in [2.75, 3.05) is 26.2 Å². The molecule has 0 N–H and O–H groups in total. The summed E-state index contributed by atoms with van der Waals surface area (Å²) in [6.45, 7) is 10.5. The highest BCUT2D eigenvalue weighted by molar-refractivity contribution is 5.80. The van der Waals surface area contributed by atoms with Crippen LogP contribution in [0.15, 0.2) is 12.7 Å². The maximum absolute atomic E-state index is 10.5. The van der Waals surface area contributed by atoms with Gasteiger partial charge in [0.1, 0.15) is 6.61 Å². The minimum absolute atomic E-state index is 0.390. The van der Waals surface area contributed by atoms with Crippen LogP contribution in [0.3, 0.4) is 0 Å². The smallest absolute Gasteiger partial charge is 0.301 e. The van der Waals surface area contributed by atoms with Crippen molar-refractivity contribution in [1.82, 2.24) is 4.90 Å². The van der Waals surface area contributed by atoms with Gasteiger partial charge in [0.15, 0.2) is 0 Å². The molecule has 0 aromatic rings. The average molecular weight is 187 g/mol. The van der Waals surface area contributed by atoms with Gasteiger partial charge in [-0.3, -0.25) is 4.89 Å². The fraction of sp³-hybridized carbons (Fsp3) is 0.667. The van der Waals surface area contributed by atoms with Crippen molar-refractivity contribution >= 4 is 5.97 Å². The number of carbonyl (C=O) groups excluding carboxylic acids is 1. The van der Waals surface area contributed by atoms with Gasteiger partial charge >= 0.3 is 5.97 Å². The van der Waals surface area contributed by atoms with E-state index in [1.807, 2.05) is 0 Å². The number of hydrogen-bond donors (Lipinski definition) is 0. The quantitative estimate of drug-likeness (QED) is 0.258. The topological polar surface area (TPSA) is 38.8 Å². The molecule has 0 aliphatic carbocycles. The van der Waals surface area contributed by atoms with Gasteiger partial charge in [-0.1, -0.05) is 20.4 Å². The first-order chi connectivity index (χ1) is 6.24. The first kappa shape index (κ1) is 12.1. The van der Waals surface area contributed by atoms with E-state index < -0.39 is 5.97 Å². The van der Waals surface area contributed by atoms with Crippen LogP contribution in [0.2, 0.25) is 0 Å². The first-order valence-corrected chi connectivity index (χ1v) is 4.42. The van der Waals surface area contributed by atoms with Gasteiger partial charge in [0.2, 0.25) is 0 Å². The molecule has 0 bridgehead atoms. The summed E-state index contributed by atoms with van der Waals surface area (Å²) in [6, 6.07) is 0. The Morgan fingerprint density at radius 3 is 2.54 bits per heavy atom. The lowest BCUT2D eigenvalue weighted by atomic mass is 10.5. The number of hydrogen-bond acceptors (Lipinski definition) is 4. The molecule has 0 atom stereocenters. The third-order valence-corrected chi connectivity index (χ3v) is 1.69. The minimum atomic E-state index is -0.556. The highest BCUT2D eigenvalue weighted by atomic mass is 17.2. The Balaban J connectivity index is 3.33. The molecule has 0 heterocycles. The van der Waals surface area contributed by atoms with Crippen molar-refractivity contribution in [3.05, 3.63) is 12.7 Å². The van der Waals surface area contributed by atoms with Crippen molar-refractivity contribution in [1.29, 1.82) is 0 Å². The average Bonchev–Trinajstić information content (AvgIpc) is 2.18. The highest BCUT2D eigenvalue weighted by Crippen LogP contribution is 1.88. The number of carbonyl (C=O) groups is 1. The summed E-state index contributed by atoms with van der Waals surface area (Å²) in [5, 5.41) is 0. The summed E-state index contributed by atoms with van der Waals surface area (Å²) in [5.41, 5.74) is 0. The summed E-state index contributed by atoms with van der Waals surface area (Å²) in [4.78, 5) is 21.7. The normalized spacial score (nSPS) is 10.1. The number of rotatable bonds is 7. The summed E-state index contributed by atoms with van der Waals surface area (Å²) < 4.78 is 0. The predicted octanol–water partition coefficient (Wildman–Crippen LogP) is 0.989. The van der Waals surface area contributed by atoms with Crippen molar-refractivity contribution < 1.29 is 14.6 Å². The monoisotopic (exact) mass is 187 g/mol. The zero-order valence-corrected chi connectivity index (χ0v) is 8.28. The number of nitrogens with zero attached hydrogens (tertiary/aromatic N) is 1. The van der Waals surface area contributed by atoms with E-state index >= 15 is 0 Å². The lowest BCUT2D eigenvalue weighted by molar-refractivity contribution is -0.268. The molecule has 0 radical (unpaired) electrons. The Morgan fingerprint density at radius 2 is 2.08 bits per heavy atom. The lowest BCUT2D eigenvalue weighted by Crippen LogP contribution is -2.27. The SMILES string of the molecule is C=CC(=O)OOCCN(CC)CC. The molecule has 0 aromatic carbocycles. The standard InChI is InChI=1S/C9H17NO3/c1-4-9(11)13-12-8-7-10(5-2)6-3/h4H,1,5-8H2,2-3H3. The zero-order valence-electron chi connectivity index (χ0n) is 8.28. The molecule has 0 spiro atoms. The second-order valence-electron chi connectivity index (χ2n) is 2.46. The fourth-order valence-corrected chi connectivity index (χ4v) is 0.840. The second kappa shape index (κ2) is 7.76. The van der Waals surface area contributed by atoms with Crippen molar-refractivity contribution in [3.63, 3.8) is 0 Å². The molecule has 0 fully saturated rings. The van der Waals surface area contributed by atoms with E-state index in [1.54, 1.807) is 0 Å². The van der Waals surface area contributed by atoms with E-state index in [4.69, 9.17) is 0 Å². The van der Waals surface area contributed by atoms with Gasteiger partial charge in [0.05, 0.1) is 0 Å². The third kappa shape index (κ3) is 6.31. The summed E-state index contributed by atoms with van der Waals surface area (Å²) in [6.07, 6.45) is 1.07. The van der Waals surface area contributed by atoms with E-state index in [-0.39, 0.29) is 0 Å². The maximum atomic E-state index is 10.5. The molecule has 0 saturated carbocycles. The van der Waals surface area contributed by atoms with E-state index in [0.717, 1.165) is 25.7 Å². The molecule has 0 saturated heterocycles. The Bertz CT molecular complexity index is 155. The van der Waals surface area contributed by atoms with Crippen LogP contribution in [-0.4, -0.2) is 37.1 Å². The van der Waals surface area contributed by atoms with Crippen LogP contribution in [0.5, 0.6) is 0 Å². The molecular formula is C9H17NO3. The molecular weight excluding hydrogens is 170 g/mol. The van der Waals surface area contributed by atoms with Gasteiger partial charge < -0.3 is 4.90 Å². The molecule has 13 heavy (non-hydrogen) atoms. The third-order valence-electron chi connectivity index (χ3n) is 1.69. The highest BCUT2D eigenvalue weighted by Gasteiger charge is 2.00. The Morgan fingerprint density at radius 1 is 1.46 bits per heavy atom. The first-order valence-electron chi connectivity index (χ1n) is 4.42. The molecule has 4 heteroatoms. The van der Waals surface area contributed by atoms with E-state index in [2.05, 4.69) is 35.1 Å². The van der Waals surface area contributed by atoms with Crippen LogP contribution in [0.1, 0.15) is 13.8 Å². The molecule has 76 valence electrons. The molecule has 0 aliphatic rings. The van der Waals surface area contributed by atoms with E-state index in [0.29, 0.717) is 6.61 Å². The van der Waals surface area contributed by atoms with Gasteiger partial charge in [-0.25, -0.2) is 4.79 Å². The van der Waals surface area contributed by atoms with Gasteiger partial charge in [-0.2, -0.15) is 4.89 Å². The molecule has 0 aromatic heterocycles. The fourth-order valence-electron chi connectivity index (χ4n) is 0.840. The van der Waals surface area contributed by atoms with Crippen LogP contribution in [0, 0.1) is 0 Å². The van der Waals surface area contributed by atoms with Crippen molar-refractivity contribution in [3.8, 4) is 0 Å². The van der Waals surface area contributed by atoms with Gasteiger partial charge in [-0.15, -0.1) is 0 Å². The van der Waals surface area contributed by atoms with Crippen molar-refractivity contribution in [2.45, 2.75) is 13.8 Å². The Labute approximate surface area is 79.0 Å². The van der Waals surface area contributed by atoms with Gasteiger partial charge in [0.25, 0.3) is 0 Å². The predicted molar refractivity (Wildman–Crippen MR) is 50.0 cm³/mol. The second-order valence-corrected chi connectivity index (χ2v) is 2.46. The van der Waals surface area contributed by atoms with Crippen LogP contribution < -0.4 is 0 Å². The maximum Gasteiger partial charge on any atom is 0.365 e. The molecule has 0 rings (SSSR count). The molecule has 4 nitrogen and oxygen atoms in total. The Hall–Kier alpha value is -0.870. The lowest BCUT2D eigenvalue weighted by Gasteiger charge is -2.16. The molecule has 0 amide bonds. The number of likely N-dealkylation sites (N-methyl/N-ethyl adjacent to an activating group) is 1. The van der Waals surface area contributed by atoms with E-state index in [1.165, 1.54) is 0 Å². The Kier molecular flexibility index (Phi) is 7.24. The summed E-state index contributed by atoms with van der Waals surface area (Å²) in [7, 11) is 0. The van der Waals surface area contributed by atoms with Crippen LogP contribution in [0.4, 0.5) is 0 Å². The zero-order chi connectivity index (χ0) is 10.1. The minimum Gasteiger partial charge on any atom is -0.301 e. The largest absolute Gasteiger partial charge is 0.365 e. The van der Waals surface area contributed by atoms with Crippen LogP contribution >= 0.6 is 0 Å². The van der Waals surface area contributed by atoms with Crippen molar-refractivity contribution in [2.24, 2.45) is 0 Å².